The molecule has 1 N–H and O–H groups in total. The fraction of sp³-hybridized carbons (Fsp3) is 0.622. The minimum Gasteiger partial charge on any atom is -0.485 e. The number of benzene rings is 2. The van der Waals surface area contributed by atoms with Gasteiger partial charge in [0.15, 0.2) is 24.3 Å². The molecule has 2 heterocycles. The Morgan fingerprint density at radius 2 is 1.53 bits per heavy atom. The maximum absolute atomic E-state index is 14.1. The minimum absolute atomic E-state index is 0.0816. The normalized spacial score (nSPS) is 22.0. The molecule has 0 aromatic heterocycles. The van der Waals surface area contributed by atoms with E-state index in [1.807, 2.05) is 44.2 Å². The molecule has 1 unspecified atom stereocenters. The van der Waals surface area contributed by atoms with E-state index in [1.54, 1.807) is 36.1 Å². The van der Waals surface area contributed by atoms with Crippen LogP contribution >= 0.6 is 11.6 Å². The van der Waals surface area contributed by atoms with E-state index in [-0.39, 0.29) is 19.1 Å². The van der Waals surface area contributed by atoms with Gasteiger partial charge in [-0.05, 0) is 63.6 Å². The lowest BCUT2D eigenvalue weighted by molar-refractivity contribution is -0.219. The average molecular weight is 673 g/mol. The van der Waals surface area contributed by atoms with Crippen molar-refractivity contribution >= 4 is 29.3 Å². The number of nitrogens with one attached hydrogen (secondary N) is 1. The third kappa shape index (κ3) is 11.4. The van der Waals surface area contributed by atoms with Crippen LogP contribution in [0.15, 0.2) is 54.6 Å². The standard InChI is InChI=1S/C37H53ClN2O7/c1-5-7-8-9-10-11-12-13-14-18-25-40(36(42)39-28-23-21-27(38)22-24-28)30(26-31(41)43-6-2)32-33(44-29-19-16-15-17-20-29)34-35(45-32)47-37(3,4)46-34/h15-17,19-24,30,32-35H,5-14,18,25-26H2,1-4H3,(H,39,42)/t30?,32-,33-,34+,35+/m0/s1. The molecule has 10 heteroatoms. The smallest absolute Gasteiger partial charge is 0.322 e. The van der Waals surface area contributed by atoms with E-state index in [0.29, 0.717) is 23.0 Å². The molecule has 2 saturated heterocycles. The van der Waals surface area contributed by atoms with Gasteiger partial charge in [-0.1, -0.05) is 94.5 Å². The zero-order valence-corrected chi connectivity index (χ0v) is 29.2. The first-order valence-corrected chi connectivity index (χ1v) is 17.8. The maximum Gasteiger partial charge on any atom is 0.322 e. The van der Waals surface area contributed by atoms with E-state index >= 15 is 0 Å². The van der Waals surface area contributed by atoms with Crippen LogP contribution in [0.1, 0.15) is 98.3 Å². The van der Waals surface area contributed by atoms with Gasteiger partial charge in [0, 0.05) is 17.3 Å². The Hall–Kier alpha value is -2.85. The van der Waals surface area contributed by atoms with Crippen molar-refractivity contribution in [2.75, 3.05) is 18.5 Å². The number of rotatable bonds is 19. The van der Waals surface area contributed by atoms with Crippen molar-refractivity contribution in [1.29, 1.82) is 0 Å². The van der Waals surface area contributed by atoms with E-state index in [0.717, 1.165) is 19.3 Å². The van der Waals surface area contributed by atoms with Crippen molar-refractivity contribution in [1.82, 2.24) is 4.90 Å². The molecular weight excluding hydrogens is 620 g/mol. The lowest BCUT2D eigenvalue weighted by atomic mass is 9.98. The number of hydrogen-bond acceptors (Lipinski definition) is 7. The number of para-hydroxylation sites is 1. The second kappa shape index (κ2) is 18.6. The van der Waals surface area contributed by atoms with Crippen molar-refractivity contribution in [3.05, 3.63) is 59.6 Å². The summed E-state index contributed by atoms with van der Waals surface area (Å²) in [6, 6.07) is 15.3. The predicted molar refractivity (Wildman–Crippen MR) is 184 cm³/mol. The first-order valence-electron chi connectivity index (χ1n) is 17.4. The van der Waals surface area contributed by atoms with Gasteiger partial charge in [0.05, 0.1) is 19.1 Å². The van der Waals surface area contributed by atoms with Crippen LogP contribution in [0.2, 0.25) is 5.02 Å². The second-order valence-electron chi connectivity index (χ2n) is 12.9. The van der Waals surface area contributed by atoms with Gasteiger partial charge < -0.3 is 33.9 Å². The molecule has 2 aromatic rings. The number of hydrogen-bond donors (Lipinski definition) is 1. The molecule has 2 aliphatic rings. The zero-order chi connectivity index (χ0) is 33.6. The molecule has 2 amide bonds. The topological polar surface area (TPSA) is 95.6 Å². The number of halogens is 1. The minimum atomic E-state index is -0.878. The summed E-state index contributed by atoms with van der Waals surface area (Å²) in [7, 11) is 0. The summed E-state index contributed by atoms with van der Waals surface area (Å²) in [5.41, 5.74) is 0.595. The monoisotopic (exact) mass is 672 g/mol. The fourth-order valence-electron chi connectivity index (χ4n) is 6.31. The molecule has 2 aromatic carbocycles. The second-order valence-corrected chi connectivity index (χ2v) is 13.3. The van der Waals surface area contributed by atoms with Crippen molar-refractivity contribution in [3.63, 3.8) is 0 Å². The molecule has 2 aliphatic heterocycles. The number of carbonyl (C=O) groups is 2. The summed E-state index contributed by atoms with van der Waals surface area (Å²) in [6.07, 6.45) is 8.85. The van der Waals surface area contributed by atoms with E-state index in [4.69, 9.17) is 35.3 Å². The Balaban J connectivity index is 1.56. The molecule has 0 bridgehead atoms. The number of amides is 2. The maximum atomic E-state index is 14.1. The Bertz CT molecular complexity index is 1230. The highest BCUT2D eigenvalue weighted by molar-refractivity contribution is 6.30. The van der Waals surface area contributed by atoms with Crippen molar-refractivity contribution in [2.45, 2.75) is 135 Å². The molecule has 4 rings (SSSR count). The van der Waals surface area contributed by atoms with Gasteiger partial charge in [-0.15, -0.1) is 0 Å². The van der Waals surface area contributed by atoms with Crippen LogP contribution in [-0.2, 0) is 23.7 Å². The third-order valence-electron chi connectivity index (χ3n) is 8.61. The van der Waals surface area contributed by atoms with Crippen LogP contribution in [0.25, 0.3) is 0 Å². The van der Waals surface area contributed by atoms with Crippen LogP contribution < -0.4 is 10.1 Å². The van der Waals surface area contributed by atoms with Gasteiger partial charge >= 0.3 is 12.0 Å². The summed E-state index contributed by atoms with van der Waals surface area (Å²) in [5, 5.41) is 3.58. The van der Waals surface area contributed by atoms with Crippen LogP contribution in [-0.4, -0.2) is 66.5 Å². The summed E-state index contributed by atoms with van der Waals surface area (Å²) in [6.45, 7) is 8.30. The average Bonchev–Trinajstić information content (AvgIpc) is 3.52. The van der Waals surface area contributed by atoms with Gasteiger partial charge in [0.2, 0.25) is 0 Å². The number of esters is 1. The van der Waals surface area contributed by atoms with Crippen molar-refractivity contribution in [3.8, 4) is 5.75 Å². The lowest BCUT2D eigenvalue weighted by Gasteiger charge is -2.38. The molecule has 9 nitrogen and oxygen atoms in total. The molecule has 0 radical (unpaired) electrons. The number of nitrogens with zero attached hydrogens (tertiary/aromatic N) is 1. The van der Waals surface area contributed by atoms with Crippen LogP contribution in [0, 0.1) is 0 Å². The van der Waals surface area contributed by atoms with E-state index in [9.17, 15) is 9.59 Å². The molecule has 260 valence electrons. The number of urea groups is 1. The fourth-order valence-corrected chi connectivity index (χ4v) is 6.44. The molecule has 2 fully saturated rings. The van der Waals surface area contributed by atoms with E-state index < -0.39 is 42.4 Å². The predicted octanol–water partition coefficient (Wildman–Crippen LogP) is 8.74. The molecule has 0 aliphatic carbocycles. The summed E-state index contributed by atoms with van der Waals surface area (Å²) >= 11 is 6.11. The van der Waals surface area contributed by atoms with Crippen molar-refractivity contribution in [2.24, 2.45) is 0 Å². The van der Waals surface area contributed by atoms with Gasteiger partial charge in [0.25, 0.3) is 0 Å². The number of fused-ring (bicyclic) bond motifs is 1. The third-order valence-corrected chi connectivity index (χ3v) is 8.86. The van der Waals surface area contributed by atoms with Crippen LogP contribution in [0.4, 0.5) is 10.5 Å². The lowest BCUT2D eigenvalue weighted by Crippen LogP contribution is -2.55. The number of carbonyl (C=O) groups excluding carboxylic acids is 2. The van der Waals surface area contributed by atoms with E-state index in [1.165, 1.54) is 44.9 Å². The highest BCUT2D eigenvalue weighted by Crippen LogP contribution is 2.41. The molecule has 0 spiro atoms. The Morgan fingerprint density at radius 3 is 2.17 bits per heavy atom. The number of anilines is 1. The molecule has 47 heavy (non-hydrogen) atoms. The first-order chi connectivity index (χ1) is 22.7. The quantitative estimate of drug-likeness (QED) is 0.118. The number of unbranched alkanes of at least 4 members (excludes halogenated alkanes) is 9. The Labute approximate surface area is 285 Å². The summed E-state index contributed by atoms with van der Waals surface area (Å²) < 4.78 is 30.9. The Morgan fingerprint density at radius 1 is 0.894 bits per heavy atom. The SMILES string of the molecule is CCCCCCCCCCCCN(C(=O)Nc1ccc(Cl)cc1)C(CC(=O)OCC)[C@@H]1O[C@@H]2OC(C)(C)O[C@@H]2[C@H]1Oc1ccccc1. The van der Waals surface area contributed by atoms with Gasteiger partial charge in [-0.2, -0.15) is 0 Å². The Kier molecular flexibility index (Phi) is 14.7. The van der Waals surface area contributed by atoms with Gasteiger partial charge in [0.1, 0.15) is 11.9 Å². The molecule has 5 atom stereocenters. The summed E-state index contributed by atoms with van der Waals surface area (Å²) in [4.78, 5) is 29.0. The van der Waals surface area contributed by atoms with Crippen molar-refractivity contribution < 1.29 is 33.3 Å². The summed E-state index contributed by atoms with van der Waals surface area (Å²) in [5.74, 6) is -0.676. The van der Waals surface area contributed by atoms with Gasteiger partial charge in [-0.25, -0.2) is 4.79 Å². The zero-order valence-electron chi connectivity index (χ0n) is 28.5. The largest absolute Gasteiger partial charge is 0.485 e. The first kappa shape index (κ1) is 37.0. The van der Waals surface area contributed by atoms with E-state index in [2.05, 4.69) is 12.2 Å². The molecule has 0 saturated carbocycles. The highest BCUT2D eigenvalue weighted by Gasteiger charge is 2.59. The van der Waals surface area contributed by atoms with Gasteiger partial charge in [-0.3, -0.25) is 4.79 Å². The van der Waals surface area contributed by atoms with Crippen LogP contribution in [0.3, 0.4) is 0 Å². The highest BCUT2D eigenvalue weighted by atomic mass is 35.5. The molecular formula is C37H53ClN2O7. The van der Waals surface area contributed by atoms with Crippen LogP contribution in [0.5, 0.6) is 5.75 Å². The number of ether oxygens (including phenoxy) is 5.